The Bertz CT molecular complexity index is 487. The molecule has 1 amide bonds. The second-order valence-corrected chi connectivity index (χ2v) is 6.54. The number of hydrogen-bond acceptors (Lipinski definition) is 5. The van der Waals surface area contributed by atoms with Gasteiger partial charge in [0.2, 0.25) is 0 Å². The second-order valence-electron chi connectivity index (χ2n) is 6.54. The van der Waals surface area contributed by atoms with E-state index in [0.29, 0.717) is 26.2 Å². The first-order valence-corrected chi connectivity index (χ1v) is 7.58. The molecule has 0 saturated carbocycles. The molecule has 6 nitrogen and oxygen atoms in total. The summed E-state index contributed by atoms with van der Waals surface area (Å²) in [6.07, 6.45) is 3.82. The Hall–Kier alpha value is -1.66. The summed E-state index contributed by atoms with van der Waals surface area (Å²) in [6.45, 7) is 7.03. The molecule has 6 heteroatoms. The lowest BCUT2D eigenvalue weighted by atomic mass is 9.99. The van der Waals surface area contributed by atoms with E-state index in [0.717, 1.165) is 5.56 Å². The fourth-order valence-electron chi connectivity index (χ4n) is 2.45. The van der Waals surface area contributed by atoms with Crippen molar-refractivity contribution in [1.29, 1.82) is 0 Å². The van der Waals surface area contributed by atoms with E-state index in [1.165, 1.54) is 0 Å². The monoisotopic (exact) mass is 307 g/mol. The molecule has 22 heavy (non-hydrogen) atoms. The highest BCUT2D eigenvalue weighted by molar-refractivity contribution is 5.68. The van der Waals surface area contributed by atoms with Crippen molar-refractivity contribution in [3.05, 3.63) is 30.1 Å². The lowest BCUT2D eigenvalue weighted by Crippen LogP contribution is -2.58. The Morgan fingerprint density at radius 3 is 2.82 bits per heavy atom. The Morgan fingerprint density at radius 2 is 2.18 bits per heavy atom. The number of nitrogens with zero attached hydrogens (tertiary/aromatic N) is 2. The Labute approximate surface area is 131 Å². The average molecular weight is 307 g/mol. The van der Waals surface area contributed by atoms with Crippen LogP contribution in [-0.4, -0.2) is 53.4 Å². The largest absolute Gasteiger partial charge is 0.444 e. The van der Waals surface area contributed by atoms with Crippen molar-refractivity contribution in [2.24, 2.45) is 5.73 Å². The molecule has 2 unspecified atom stereocenters. The summed E-state index contributed by atoms with van der Waals surface area (Å²) in [4.78, 5) is 18.1. The molecule has 0 spiro atoms. The molecule has 2 heterocycles. The van der Waals surface area contributed by atoms with E-state index in [-0.39, 0.29) is 18.2 Å². The molecule has 1 aromatic heterocycles. The minimum Gasteiger partial charge on any atom is -0.444 e. The van der Waals surface area contributed by atoms with Gasteiger partial charge in [-0.25, -0.2) is 4.79 Å². The van der Waals surface area contributed by atoms with Gasteiger partial charge in [-0.2, -0.15) is 0 Å². The fraction of sp³-hybridized carbons (Fsp3) is 0.625. The molecule has 0 aliphatic carbocycles. The predicted molar refractivity (Wildman–Crippen MR) is 83.5 cm³/mol. The highest BCUT2D eigenvalue weighted by Gasteiger charge is 2.34. The van der Waals surface area contributed by atoms with Crippen molar-refractivity contribution in [1.82, 2.24) is 9.88 Å². The van der Waals surface area contributed by atoms with Crippen LogP contribution in [0.2, 0.25) is 0 Å². The number of hydrogen-bond donors (Lipinski definition) is 1. The number of amides is 1. The molecule has 2 rings (SSSR count). The average Bonchev–Trinajstić information content (AvgIpc) is 2.46. The zero-order valence-corrected chi connectivity index (χ0v) is 13.5. The molecule has 2 N–H and O–H groups in total. The molecule has 1 aliphatic rings. The van der Waals surface area contributed by atoms with Gasteiger partial charge in [0.25, 0.3) is 0 Å². The number of carbonyl (C=O) groups excluding carboxylic acids is 1. The van der Waals surface area contributed by atoms with E-state index < -0.39 is 5.60 Å². The molecule has 1 aliphatic heterocycles. The van der Waals surface area contributed by atoms with E-state index in [1.807, 2.05) is 32.9 Å². The van der Waals surface area contributed by atoms with Crippen LogP contribution in [-0.2, 0) is 15.9 Å². The van der Waals surface area contributed by atoms with Gasteiger partial charge < -0.3 is 15.2 Å². The number of rotatable bonds is 3. The number of aromatic nitrogens is 1. The van der Waals surface area contributed by atoms with Crippen LogP contribution < -0.4 is 5.73 Å². The van der Waals surface area contributed by atoms with Crippen LogP contribution >= 0.6 is 0 Å². The highest BCUT2D eigenvalue weighted by Crippen LogP contribution is 2.17. The molecule has 0 aromatic carbocycles. The number of morpholine rings is 1. The smallest absolute Gasteiger partial charge is 0.410 e. The predicted octanol–water partition coefficient (Wildman–Crippen LogP) is 1.59. The Kier molecular flexibility index (Phi) is 5.37. The first-order valence-electron chi connectivity index (χ1n) is 7.58. The zero-order valence-electron chi connectivity index (χ0n) is 13.5. The normalized spacial score (nSPS) is 20.5. The van der Waals surface area contributed by atoms with Gasteiger partial charge in [-0.05, 0) is 44.9 Å². The van der Waals surface area contributed by atoms with Crippen molar-refractivity contribution in [3.63, 3.8) is 0 Å². The van der Waals surface area contributed by atoms with E-state index in [4.69, 9.17) is 15.2 Å². The topological polar surface area (TPSA) is 77.7 Å². The van der Waals surface area contributed by atoms with Gasteiger partial charge in [0.05, 0.1) is 19.3 Å². The van der Waals surface area contributed by atoms with Gasteiger partial charge in [-0.3, -0.25) is 9.88 Å². The van der Waals surface area contributed by atoms with Crippen molar-refractivity contribution in [2.75, 3.05) is 19.8 Å². The summed E-state index contributed by atoms with van der Waals surface area (Å²) < 4.78 is 11.0. The summed E-state index contributed by atoms with van der Waals surface area (Å²) in [5.41, 5.74) is 6.90. The van der Waals surface area contributed by atoms with E-state index in [1.54, 1.807) is 17.3 Å². The Morgan fingerprint density at radius 1 is 1.50 bits per heavy atom. The van der Waals surface area contributed by atoms with Crippen LogP contribution in [0.1, 0.15) is 26.3 Å². The summed E-state index contributed by atoms with van der Waals surface area (Å²) in [6, 6.07) is 3.47. The molecule has 0 radical (unpaired) electrons. The summed E-state index contributed by atoms with van der Waals surface area (Å²) in [7, 11) is 0. The number of ether oxygens (including phenoxy) is 2. The minimum absolute atomic E-state index is 0.184. The molecular weight excluding hydrogens is 282 g/mol. The van der Waals surface area contributed by atoms with Gasteiger partial charge in [0.1, 0.15) is 5.60 Å². The first kappa shape index (κ1) is 16.7. The number of pyridine rings is 1. The molecule has 1 fully saturated rings. The standard InChI is InChI=1S/C16H25N3O3/c1-16(2,3)22-15(20)19-8-9-21-11-14(19)13(17)10-12-4-6-18-7-5-12/h4-7,13-14H,8-11,17H2,1-3H3. The van der Waals surface area contributed by atoms with Gasteiger partial charge in [0.15, 0.2) is 0 Å². The maximum Gasteiger partial charge on any atom is 0.410 e. The molecule has 122 valence electrons. The summed E-state index contributed by atoms with van der Waals surface area (Å²) in [5, 5.41) is 0. The van der Waals surface area contributed by atoms with Crippen molar-refractivity contribution in [2.45, 2.75) is 44.9 Å². The zero-order chi connectivity index (χ0) is 16.2. The quantitative estimate of drug-likeness (QED) is 0.917. The van der Waals surface area contributed by atoms with E-state index >= 15 is 0 Å². The van der Waals surface area contributed by atoms with E-state index in [2.05, 4.69) is 4.98 Å². The third-order valence-corrected chi connectivity index (χ3v) is 3.51. The number of carbonyl (C=O) groups is 1. The SMILES string of the molecule is CC(C)(C)OC(=O)N1CCOCC1C(N)Cc1ccncc1. The maximum absolute atomic E-state index is 12.4. The third kappa shape index (κ3) is 4.68. The number of nitrogens with two attached hydrogens (primary N) is 1. The fourth-order valence-corrected chi connectivity index (χ4v) is 2.45. The molecule has 1 aromatic rings. The van der Waals surface area contributed by atoms with Crippen molar-refractivity contribution < 1.29 is 14.3 Å². The first-order chi connectivity index (χ1) is 10.4. The Balaban J connectivity index is 2.04. The second kappa shape index (κ2) is 7.07. The van der Waals surface area contributed by atoms with E-state index in [9.17, 15) is 4.79 Å². The summed E-state index contributed by atoms with van der Waals surface area (Å²) >= 11 is 0. The van der Waals surface area contributed by atoms with Gasteiger partial charge in [-0.1, -0.05) is 0 Å². The maximum atomic E-state index is 12.4. The van der Waals surface area contributed by atoms with Crippen LogP contribution in [0.5, 0.6) is 0 Å². The lowest BCUT2D eigenvalue weighted by Gasteiger charge is -2.39. The van der Waals surface area contributed by atoms with Crippen LogP contribution in [0, 0.1) is 0 Å². The third-order valence-electron chi connectivity index (χ3n) is 3.51. The van der Waals surface area contributed by atoms with Crippen molar-refractivity contribution in [3.8, 4) is 0 Å². The molecule has 0 bridgehead atoms. The van der Waals surface area contributed by atoms with Crippen LogP contribution in [0.3, 0.4) is 0 Å². The van der Waals surface area contributed by atoms with Gasteiger partial charge in [-0.15, -0.1) is 0 Å². The lowest BCUT2D eigenvalue weighted by molar-refractivity contribution is -0.0378. The van der Waals surface area contributed by atoms with Crippen LogP contribution in [0.25, 0.3) is 0 Å². The van der Waals surface area contributed by atoms with Crippen LogP contribution in [0.4, 0.5) is 4.79 Å². The van der Waals surface area contributed by atoms with Gasteiger partial charge >= 0.3 is 6.09 Å². The minimum atomic E-state index is -0.519. The van der Waals surface area contributed by atoms with Crippen molar-refractivity contribution >= 4 is 6.09 Å². The molecule has 2 atom stereocenters. The van der Waals surface area contributed by atoms with Gasteiger partial charge in [0, 0.05) is 25.0 Å². The van der Waals surface area contributed by atoms with Crippen LogP contribution in [0.15, 0.2) is 24.5 Å². The molecule has 1 saturated heterocycles. The molecular formula is C16H25N3O3. The highest BCUT2D eigenvalue weighted by atomic mass is 16.6. The summed E-state index contributed by atoms with van der Waals surface area (Å²) in [5.74, 6) is 0.